The number of rotatable bonds is 1. The molecule has 0 aliphatic heterocycles. The maximum atomic E-state index is 13.0. The molecule has 0 atom stereocenters. The van der Waals surface area contributed by atoms with E-state index in [0.29, 0.717) is 11.3 Å². The van der Waals surface area contributed by atoms with Crippen LogP contribution in [0.5, 0.6) is 0 Å². The van der Waals surface area contributed by atoms with Gasteiger partial charge in [0.05, 0.1) is 17.2 Å². The summed E-state index contributed by atoms with van der Waals surface area (Å²) in [6.45, 7) is 1.63. The van der Waals surface area contributed by atoms with E-state index in [1.807, 2.05) is 6.07 Å². The molecule has 0 saturated heterocycles. The molecule has 0 saturated carbocycles. The first-order valence-electron chi connectivity index (χ1n) is 5.47. The van der Waals surface area contributed by atoms with Crippen molar-refractivity contribution in [3.05, 3.63) is 53.3 Å². The van der Waals surface area contributed by atoms with Gasteiger partial charge in [0.15, 0.2) is 0 Å². The van der Waals surface area contributed by atoms with E-state index in [2.05, 4.69) is 4.98 Å². The molecule has 0 radical (unpaired) electrons. The Balaban J connectivity index is 2.74. The van der Waals surface area contributed by atoms with E-state index in [1.54, 1.807) is 19.1 Å². The molecule has 0 N–H and O–H groups in total. The van der Waals surface area contributed by atoms with Gasteiger partial charge in [-0.3, -0.25) is 4.98 Å². The first-order valence-corrected chi connectivity index (χ1v) is 5.47. The molecule has 0 fully saturated rings. The number of hydrogen-bond acceptors (Lipinski definition) is 2. The fraction of sp³-hybridized carbons (Fsp3) is 0.143. The summed E-state index contributed by atoms with van der Waals surface area (Å²) in [6.07, 6.45) is -2.95. The second-order valence-electron chi connectivity index (χ2n) is 4.01. The van der Waals surface area contributed by atoms with Crippen molar-refractivity contribution in [1.82, 2.24) is 4.98 Å². The molecule has 1 aromatic heterocycles. The van der Waals surface area contributed by atoms with Crippen molar-refractivity contribution in [1.29, 1.82) is 5.26 Å². The van der Waals surface area contributed by atoms with Crippen molar-refractivity contribution in [2.45, 2.75) is 13.1 Å². The Morgan fingerprint density at radius 2 is 1.89 bits per heavy atom. The van der Waals surface area contributed by atoms with E-state index < -0.39 is 11.7 Å². The summed E-state index contributed by atoms with van der Waals surface area (Å²) < 4.78 is 39.0. The van der Waals surface area contributed by atoms with Crippen LogP contribution in [0.2, 0.25) is 0 Å². The summed E-state index contributed by atoms with van der Waals surface area (Å²) in [7, 11) is 0. The quantitative estimate of drug-likeness (QED) is 0.780. The molecule has 1 heterocycles. The second-order valence-corrected chi connectivity index (χ2v) is 4.01. The number of aromatic nitrogens is 1. The molecule has 96 valence electrons. The number of benzene rings is 1. The third-order valence-electron chi connectivity index (χ3n) is 2.75. The predicted molar refractivity (Wildman–Crippen MR) is 64.1 cm³/mol. The van der Waals surface area contributed by atoms with Gasteiger partial charge in [0.2, 0.25) is 0 Å². The fourth-order valence-electron chi connectivity index (χ4n) is 1.85. The minimum Gasteiger partial charge on any atom is -0.261 e. The maximum absolute atomic E-state index is 13.0. The zero-order chi connectivity index (χ0) is 14.0. The van der Waals surface area contributed by atoms with E-state index in [-0.39, 0.29) is 11.1 Å². The van der Waals surface area contributed by atoms with Crippen LogP contribution >= 0.6 is 0 Å². The highest BCUT2D eigenvalue weighted by molar-refractivity contribution is 5.71. The third kappa shape index (κ3) is 2.58. The Morgan fingerprint density at radius 1 is 1.16 bits per heavy atom. The highest BCUT2D eigenvalue weighted by Crippen LogP contribution is 2.38. The van der Waals surface area contributed by atoms with Crippen LogP contribution in [0.4, 0.5) is 13.2 Å². The molecule has 1 aromatic carbocycles. The van der Waals surface area contributed by atoms with E-state index in [1.165, 1.54) is 12.3 Å². The van der Waals surface area contributed by atoms with Crippen LogP contribution in [0.1, 0.15) is 16.8 Å². The molecule has 0 amide bonds. The van der Waals surface area contributed by atoms with Gasteiger partial charge in [0.25, 0.3) is 0 Å². The Bertz CT molecular complexity index is 654. The zero-order valence-electron chi connectivity index (χ0n) is 9.99. The summed E-state index contributed by atoms with van der Waals surface area (Å²) in [6, 6.07) is 8.32. The molecule has 2 aromatic rings. The number of pyridine rings is 1. The molecule has 5 heteroatoms. The van der Waals surface area contributed by atoms with Crippen LogP contribution in [0, 0.1) is 18.3 Å². The number of alkyl halides is 3. The summed E-state index contributed by atoms with van der Waals surface area (Å²) in [5.41, 5.74) is 0.279. The van der Waals surface area contributed by atoms with Gasteiger partial charge in [-0.25, -0.2) is 0 Å². The minimum absolute atomic E-state index is 0.0165. The normalized spacial score (nSPS) is 11.1. The van der Waals surface area contributed by atoms with Gasteiger partial charge in [-0.2, -0.15) is 18.4 Å². The van der Waals surface area contributed by atoms with Gasteiger partial charge in [0, 0.05) is 17.5 Å². The molecular weight excluding hydrogens is 253 g/mol. The monoisotopic (exact) mass is 262 g/mol. The molecule has 2 rings (SSSR count). The standard InChI is InChI=1S/C14H9F3N2/c1-9-11(3-2-6-19-9)12-7-10(8-18)4-5-13(12)14(15,16)17/h2-7H,1H3. The van der Waals surface area contributed by atoms with Gasteiger partial charge in [-0.05, 0) is 36.8 Å². The van der Waals surface area contributed by atoms with E-state index in [0.717, 1.165) is 12.1 Å². The van der Waals surface area contributed by atoms with Crippen LogP contribution in [0.3, 0.4) is 0 Å². The van der Waals surface area contributed by atoms with Crippen LogP contribution in [0.25, 0.3) is 11.1 Å². The Kier molecular flexibility index (Phi) is 3.26. The van der Waals surface area contributed by atoms with Gasteiger partial charge in [-0.15, -0.1) is 0 Å². The average molecular weight is 262 g/mol. The minimum atomic E-state index is -4.47. The van der Waals surface area contributed by atoms with Gasteiger partial charge in [-0.1, -0.05) is 6.07 Å². The lowest BCUT2D eigenvalue weighted by molar-refractivity contribution is -0.137. The predicted octanol–water partition coefficient (Wildman–Crippen LogP) is 3.95. The summed E-state index contributed by atoms with van der Waals surface area (Å²) in [4.78, 5) is 3.98. The van der Waals surface area contributed by atoms with Crippen LogP contribution < -0.4 is 0 Å². The Hall–Kier alpha value is -2.35. The molecule has 0 aliphatic rings. The van der Waals surface area contributed by atoms with Crippen LogP contribution in [-0.2, 0) is 6.18 Å². The van der Waals surface area contributed by atoms with Gasteiger partial charge >= 0.3 is 6.18 Å². The zero-order valence-corrected chi connectivity index (χ0v) is 9.99. The number of aryl methyl sites for hydroxylation is 1. The number of nitrogens with zero attached hydrogens (tertiary/aromatic N) is 2. The van der Waals surface area contributed by atoms with E-state index in [9.17, 15) is 13.2 Å². The lowest BCUT2D eigenvalue weighted by atomic mass is 9.96. The van der Waals surface area contributed by atoms with Gasteiger partial charge in [0.1, 0.15) is 0 Å². The first-order chi connectivity index (χ1) is 8.93. The number of nitriles is 1. The lowest BCUT2D eigenvalue weighted by Gasteiger charge is -2.14. The first kappa shape index (κ1) is 13.1. The second kappa shape index (κ2) is 4.73. The molecule has 2 nitrogen and oxygen atoms in total. The van der Waals surface area contributed by atoms with Crippen molar-refractivity contribution in [2.75, 3.05) is 0 Å². The highest BCUT2D eigenvalue weighted by Gasteiger charge is 2.34. The van der Waals surface area contributed by atoms with Crippen LogP contribution in [0.15, 0.2) is 36.5 Å². The lowest BCUT2D eigenvalue weighted by Crippen LogP contribution is -2.08. The summed E-state index contributed by atoms with van der Waals surface area (Å²) in [5.74, 6) is 0. The maximum Gasteiger partial charge on any atom is 0.417 e. The van der Waals surface area contributed by atoms with Crippen molar-refractivity contribution < 1.29 is 13.2 Å². The smallest absolute Gasteiger partial charge is 0.261 e. The van der Waals surface area contributed by atoms with E-state index in [4.69, 9.17) is 5.26 Å². The molecule has 0 unspecified atom stereocenters. The Morgan fingerprint density at radius 3 is 2.47 bits per heavy atom. The van der Waals surface area contributed by atoms with Crippen LogP contribution in [-0.4, -0.2) is 4.98 Å². The molecule has 0 spiro atoms. The van der Waals surface area contributed by atoms with Crippen molar-refractivity contribution in [3.63, 3.8) is 0 Å². The average Bonchev–Trinajstić information content (AvgIpc) is 2.37. The number of halogens is 3. The molecule has 19 heavy (non-hydrogen) atoms. The van der Waals surface area contributed by atoms with Crippen molar-refractivity contribution in [3.8, 4) is 17.2 Å². The number of hydrogen-bond donors (Lipinski definition) is 0. The van der Waals surface area contributed by atoms with Crippen molar-refractivity contribution in [2.24, 2.45) is 0 Å². The van der Waals surface area contributed by atoms with E-state index >= 15 is 0 Å². The third-order valence-corrected chi connectivity index (χ3v) is 2.75. The van der Waals surface area contributed by atoms with Gasteiger partial charge < -0.3 is 0 Å². The SMILES string of the molecule is Cc1ncccc1-c1cc(C#N)ccc1C(F)(F)F. The summed E-state index contributed by atoms with van der Waals surface area (Å²) >= 11 is 0. The molecule has 0 aliphatic carbocycles. The summed E-state index contributed by atoms with van der Waals surface area (Å²) in [5, 5.41) is 8.83. The Labute approximate surface area is 108 Å². The topological polar surface area (TPSA) is 36.7 Å². The highest BCUT2D eigenvalue weighted by atomic mass is 19.4. The largest absolute Gasteiger partial charge is 0.417 e. The molecule has 0 bridgehead atoms. The molecular formula is C14H9F3N2. The fourth-order valence-corrected chi connectivity index (χ4v) is 1.85. The van der Waals surface area contributed by atoms with Crippen molar-refractivity contribution >= 4 is 0 Å².